The lowest BCUT2D eigenvalue weighted by molar-refractivity contribution is 0.419. The largest absolute Gasteiger partial charge is 0.281 e. The van der Waals surface area contributed by atoms with Gasteiger partial charge in [-0.15, -0.1) is 9.32 Å². The number of hydrogen-bond donors (Lipinski definition) is 0. The molecule has 86 valence electrons. The molecule has 0 atom stereocenters. The molecule has 0 radical (unpaired) electrons. The highest BCUT2D eigenvalue weighted by Crippen LogP contribution is 2.32. The van der Waals surface area contributed by atoms with Gasteiger partial charge in [-0.05, 0) is 31.9 Å². The molecular formula is C10H12N2O3S. The molecule has 0 bridgehead atoms. The lowest BCUT2D eigenvalue weighted by atomic mass is 10.2. The second-order valence-electron chi connectivity index (χ2n) is 3.90. The van der Waals surface area contributed by atoms with Crippen LogP contribution < -0.4 is 0 Å². The highest BCUT2D eigenvalue weighted by Gasteiger charge is 2.38. The van der Waals surface area contributed by atoms with Crippen LogP contribution in [-0.2, 0) is 10.0 Å². The van der Waals surface area contributed by atoms with Crippen LogP contribution in [0.2, 0.25) is 0 Å². The number of rotatable bonds is 4. The Balaban J connectivity index is 2.37. The van der Waals surface area contributed by atoms with Crippen LogP contribution in [0.25, 0.3) is 0 Å². The van der Waals surface area contributed by atoms with E-state index in [-0.39, 0.29) is 10.9 Å². The predicted octanol–water partition coefficient (Wildman–Crippen LogP) is 1.83. The third-order valence-electron chi connectivity index (χ3n) is 2.50. The van der Waals surface area contributed by atoms with E-state index >= 15 is 0 Å². The third-order valence-corrected chi connectivity index (χ3v) is 4.23. The van der Waals surface area contributed by atoms with Crippen molar-refractivity contribution in [2.45, 2.75) is 30.7 Å². The third kappa shape index (κ3) is 1.92. The van der Waals surface area contributed by atoms with Gasteiger partial charge >= 0.3 is 0 Å². The zero-order chi connectivity index (χ0) is 11.8. The van der Waals surface area contributed by atoms with Gasteiger partial charge in [0.1, 0.15) is 0 Å². The monoisotopic (exact) mass is 240 g/mol. The average Bonchev–Trinajstić information content (AvgIpc) is 3.03. The van der Waals surface area contributed by atoms with Crippen LogP contribution in [0.15, 0.2) is 34.4 Å². The number of hydrogen-bond acceptors (Lipinski definition) is 4. The minimum Gasteiger partial charge on any atom is -0.200 e. The van der Waals surface area contributed by atoms with Crippen molar-refractivity contribution < 1.29 is 8.42 Å². The van der Waals surface area contributed by atoms with Crippen LogP contribution in [-0.4, -0.2) is 18.9 Å². The van der Waals surface area contributed by atoms with Crippen LogP contribution in [0.1, 0.15) is 18.4 Å². The normalized spacial score (nSPS) is 15.8. The number of nitrogens with zero attached hydrogens (tertiary/aromatic N) is 2. The molecule has 16 heavy (non-hydrogen) atoms. The van der Waals surface area contributed by atoms with Gasteiger partial charge in [-0.3, -0.25) is 0 Å². The van der Waals surface area contributed by atoms with Crippen molar-refractivity contribution in [2.75, 3.05) is 0 Å². The van der Waals surface area contributed by atoms with Crippen LogP contribution in [0.3, 0.4) is 0 Å². The molecule has 1 aromatic carbocycles. The molecule has 5 nitrogen and oxygen atoms in total. The van der Waals surface area contributed by atoms with E-state index in [1.807, 2.05) is 6.92 Å². The lowest BCUT2D eigenvalue weighted by Crippen LogP contribution is -2.27. The number of nitroso groups, excluding NO2 is 1. The maximum atomic E-state index is 12.0. The van der Waals surface area contributed by atoms with Gasteiger partial charge in [0, 0.05) is 0 Å². The highest BCUT2D eigenvalue weighted by molar-refractivity contribution is 7.89. The maximum Gasteiger partial charge on any atom is 0.281 e. The van der Waals surface area contributed by atoms with Gasteiger partial charge < -0.3 is 0 Å². The van der Waals surface area contributed by atoms with Crippen molar-refractivity contribution in [3.05, 3.63) is 34.7 Å². The Labute approximate surface area is 94.1 Å². The second-order valence-corrected chi connectivity index (χ2v) is 5.70. The van der Waals surface area contributed by atoms with Gasteiger partial charge in [-0.1, -0.05) is 17.7 Å². The average molecular weight is 240 g/mol. The van der Waals surface area contributed by atoms with E-state index in [2.05, 4.69) is 5.29 Å². The Kier molecular flexibility index (Phi) is 2.67. The van der Waals surface area contributed by atoms with E-state index in [9.17, 15) is 13.3 Å². The molecule has 0 heterocycles. The van der Waals surface area contributed by atoms with Crippen LogP contribution in [0.4, 0.5) is 0 Å². The first-order valence-electron chi connectivity index (χ1n) is 5.00. The standard InChI is InChI=1S/C10H12N2O3S/c1-8-2-6-10(7-3-8)16(14,15)12(11-13)9-4-5-9/h2-3,6-7,9H,4-5H2,1H3. The van der Waals surface area contributed by atoms with Gasteiger partial charge in [-0.2, -0.15) is 8.42 Å². The summed E-state index contributed by atoms with van der Waals surface area (Å²) in [5, 5.41) is 2.62. The minimum absolute atomic E-state index is 0.115. The van der Waals surface area contributed by atoms with Crippen LogP contribution >= 0.6 is 0 Å². The SMILES string of the molecule is Cc1ccc(S(=O)(=O)N(N=O)C2CC2)cc1. The summed E-state index contributed by atoms with van der Waals surface area (Å²) in [5.74, 6) is 0. The molecular weight excluding hydrogens is 228 g/mol. The van der Waals surface area contributed by atoms with Crippen molar-refractivity contribution in [3.8, 4) is 0 Å². The Hall–Kier alpha value is -1.43. The number of benzene rings is 1. The molecule has 1 aromatic rings. The summed E-state index contributed by atoms with van der Waals surface area (Å²) in [4.78, 5) is 10.7. The summed E-state index contributed by atoms with van der Waals surface area (Å²) in [7, 11) is -3.75. The van der Waals surface area contributed by atoms with Crippen molar-refractivity contribution in [2.24, 2.45) is 5.29 Å². The zero-order valence-corrected chi connectivity index (χ0v) is 9.64. The molecule has 0 saturated heterocycles. The Bertz CT molecular complexity index is 491. The summed E-state index contributed by atoms with van der Waals surface area (Å²) in [6.07, 6.45) is 1.41. The Morgan fingerprint density at radius 2 is 1.81 bits per heavy atom. The molecule has 6 heteroatoms. The topological polar surface area (TPSA) is 66.8 Å². The molecule has 0 amide bonds. The van der Waals surface area contributed by atoms with Gasteiger partial charge in [0.05, 0.1) is 16.2 Å². The van der Waals surface area contributed by atoms with Crippen LogP contribution in [0, 0.1) is 11.8 Å². The van der Waals surface area contributed by atoms with Gasteiger partial charge in [0.2, 0.25) is 0 Å². The molecule has 2 rings (SSSR count). The molecule has 1 aliphatic carbocycles. The Morgan fingerprint density at radius 3 is 2.25 bits per heavy atom. The molecule has 1 aliphatic rings. The van der Waals surface area contributed by atoms with Gasteiger partial charge in [0.25, 0.3) is 10.0 Å². The van der Waals surface area contributed by atoms with Gasteiger partial charge in [0.15, 0.2) is 0 Å². The molecule has 0 unspecified atom stereocenters. The smallest absolute Gasteiger partial charge is 0.200 e. The molecule has 0 aromatic heterocycles. The maximum absolute atomic E-state index is 12.0. The van der Waals surface area contributed by atoms with Crippen LogP contribution in [0.5, 0.6) is 0 Å². The molecule has 0 spiro atoms. The Morgan fingerprint density at radius 1 is 1.25 bits per heavy atom. The summed E-state index contributed by atoms with van der Waals surface area (Å²) in [6.45, 7) is 1.87. The van der Waals surface area contributed by atoms with Crippen molar-refractivity contribution in [3.63, 3.8) is 0 Å². The van der Waals surface area contributed by atoms with Crippen molar-refractivity contribution in [1.29, 1.82) is 0 Å². The van der Waals surface area contributed by atoms with E-state index in [4.69, 9.17) is 0 Å². The fraction of sp³-hybridized carbons (Fsp3) is 0.400. The van der Waals surface area contributed by atoms with E-state index in [1.54, 1.807) is 12.1 Å². The first-order chi connectivity index (χ1) is 7.55. The van der Waals surface area contributed by atoms with E-state index in [0.717, 1.165) is 5.56 Å². The summed E-state index contributed by atoms with van der Waals surface area (Å²) >= 11 is 0. The van der Waals surface area contributed by atoms with E-state index < -0.39 is 10.0 Å². The molecule has 1 saturated carbocycles. The fourth-order valence-electron chi connectivity index (χ4n) is 1.42. The van der Waals surface area contributed by atoms with E-state index in [0.29, 0.717) is 17.3 Å². The molecule has 1 fully saturated rings. The van der Waals surface area contributed by atoms with E-state index in [1.165, 1.54) is 12.1 Å². The molecule has 0 aliphatic heterocycles. The summed E-state index contributed by atoms with van der Waals surface area (Å²) < 4.78 is 24.7. The lowest BCUT2D eigenvalue weighted by Gasteiger charge is -2.14. The quantitative estimate of drug-likeness (QED) is 0.595. The first kappa shape index (κ1) is 11.1. The summed E-state index contributed by atoms with van der Waals surface area (Å²) in [6, 6.07) is 6.13. The number of sulfonamides is 1. The summed E-state index contributed by atoms with van der Waals surface area (Å²) in [5.41, 5.74) is 0.969. The van der Waals surface area contributed by atoms with Gasteiger partial charge in [-0.25, -0.2) is 0 Å². The fourth-order valence-corrected chi connectivity index (χ4v) is 2.81. The predicted molar refractivity (Wildman–Crippen MR) is 59.0 cm³/mol. The zero-order valence-electron chi connectivity index (χ0n) is 8.83. The minimum atomic E-state index is -3.75. The first-order valence-corrected chi connectivity index (χ1v) is 6.44. The second kappa shape index (κ2) is 3.86. The van der Waals surface area contributed by atoms with Crippen molar-refractivity contribution >= 4 is 10.0 Å². The highest BCUT2D eigenvalue weighted by atomic mass is 32.2. The van der Waals surface area contributed by atoms with Crippen molar-refractivity contribution in [1.82, 2.24) is 4.41 Å². The number of aryl methyl sites for hydroxylation is 1. The molecule has 0 N–H and O–H groups in total.